The molecule has 1 heterocycles. The molecular formula is C27H21F3N2O3. The Morgan fingerprint density at radius 1 is 0.971 bits per heavy atom. The summed E-state index contributed by atoms with van der Waals surface area (Å²) in [5.41, 5.74) is 0.338. The van der Waals surface area contributed by atoms with Crippen molar-refractivity contribution in [3.63, 3.8) is 0 Å². The number of hydrogen-bond donors (Lipinski definition) is 1. The molecule has 4 aromatic rings. The molecule has 178 valence electrons. The second-order valence-electron chi connectivity index (χ2n) is 8.57. The Kier molecular flexibility index (Phi) is 5.80. The van der Waals surface area contributed by atoms with Crippen molar-refractivity contribution >= 4 is 16.9 Å². The van der Waals surface area contributed by atoms with Gasteiger partial charge in [-0.25, -0.2) is 18.0 Å². The smallest absolute Gasteiger partial charge is 0.408 e. The highest BCUT2D eigenvalue weighted by Crippen LogP contribution is 2.41. The van der Waals surface area contributed by atoms with Crippen molar-refractivity contribution in [2.45, 2.75) is 25.8 Å². The zero-order valence-corrected chi connectivity index (χ0v) is 18.7. The zero-order chi connectivity index (χ0) is 24.7. The monoisotopic (exact) mass is 478 g/mol. The van der Waals surface area contributed by atoms with Gasteiger partial charge in [-0.15, -0.1) is 0 Å². The van der Waals surface area contributed by atoms with Crippen LogP contribution in [0.4, 0.5) is 18.0 Å². The average molecular weight is 478 g/mol. The molecule has 1 atom stereocenters. The first kappa shape index (κ1) is 22.7. The van der Waals surface area contributed by atoms with Gasteiger partial charge >= 0.3 is 6.09 Å². The highest BCUT2D eigenvalue weighted by Gasteiger charge is 2.34. The van der Waals surface area contributed by atoms with Gasteiger partial charge < -0.3 is 10.1 Å². The highest BCUT2D eigenvalue weighted by atomic mass is 19.1. The van der Waals surface area contributed by atoms with Gasteiger partial charge in [0.1, 0.15) is 17.5 Å². The van der Waals surface area contributed by atoms with Crippen LogP contribution in [-0.4, -0.2) is 10.7 Å². The van der Waals surface area contributed by atoms with Crippen molar-refractivity contribution in [2.24, 2.45) is 5.92 Å². The lowest BCUT2D eigenvalue weighted by molar-refractivity contribution is 0.194. The van der Waals surface area contributed by atoms with Crippen LogP contribution in [0.5, 0.6) is 5.75 Å². The topological polar surface area (TPSA) is 60.3 Å². The Hall–Kier alpha value is -4.07. The Balaban J connectivity index is 1.60. The number of hydrogen-bond acceptors (Lipinski definition) is 3. The van der Waals surface area contributed by atoms with Gasteiger partial charge in [-0.2, -0.15) is 0 Å². The molecule has 1 saturated carbocycles. The second-order valence-corrected chi connectivity index (χ2v) is 8.57. The lowest BCUT2D eigenvalue weighted by Crippen LogP contribution is -2.33. The minimum atomic E-state index is -0.933. The molecule has 1 aliphatic carbocycles. The number of rotatable bonds is 5. The fraction of sp³-hybridized carbons (Fsp3) is 0.185. The van der Waals surface area contributed by atoms with E-state index in [2.05, 4.69) is 5.32 Å². The van der Waals surface area contributed by atoms with Gasteiger partial charge in [-0.05, 0) is 67.6 Å². The fourth-order valence-electron chi connectivity index (χ4n) is 4.39. The standard InChI is InChI=1S/C27H21F3N2O3/c1-15-25(35-27(34)31-24(16-10-11-16)17-6-5-7-18(28)14-17)22-20(29)12-13-21(30)23(22)26(33)32(15)19-8-3-2-4-9-19/h2-9,12-14,16,24H,10-11H2,1H3,(H,31,34)/t24-/m0/s1. The average Bonchev–Trinajstić information content (AvgIpc) is 3.68. The van der Waals surface area contributed by atoms with E-state index < -0.39 is 45.9 Å². The first-order valence-corrected chi connectivity index (χ1v) is 11.2. The number of benzene rings is 3. The maximum Gasteiger partial charge on any atom is 0.413 e. The summed E-state index contributed by atoms with van der Waals surface area (Å²) in [5.74, 6) is -2.43. The molecule has 0 saturated heterocycles. The third-order valence-electron chi connectivity index (χ3n) is 6.20. The number of carbonyl (C=O) groups excluding carboxylic acids is 1. The molecule has 35 heavy (non-hydrogen) atoms. The molecule has 0 spiro atoms. The van der Waals surface area contributed by atoms with E-state index in [-0.39, 0.29) is 17.4 Å². The number of ether oxygens (including phenoxy) is 1. The number of para-hydroxylation sites is 1. The first-order valence-electron chi connectivity index (χ1n) is 11.2. The Labute approximate surface area is 198 Å². The van der Waals surface area contributed by atoms with E-state index in [0.29, 0.717) is 11.3 Å². The first-order chi connectivity index (χ1) is 16.8. The summed E-state index contributed by atoms with van der Waals surface area (Å²) in [6.45, 7) is 1.49. The second kappa shape index (κ2) is 8.94. The maximum absolute atomic E-state index is 14.9. The van der Waals surface area contributed by atoms with Gasteiger partial charge in [-0.3, -0.25) is 9.36 Å². The molecule has 3 aromatic carbocycles. The van der Waals surface area contributed by atoms with Gasteiger partial charge in [0, 0.05) is 5.69 Å². The molecule has 1 aliphatic rings. The van der Waals surface area contributed by atoms with Crippen molar-refractivity contribution in [1.29, 1.82) is 0 Å². The van der Waals surface area contributed by atoms with Crippen molar-refractivity contribution in [3.8, 4) is 11.4 Å². The van der Waals surface area contributed by atoms with Crippen LogP contribution in [0.1, 0.15) is 30.1 Å². The normalized spacial score (nSPS) is 14.1. The van der Waals surface area contributed by atoms with Crippen molar-refractivity contribution in [3.05, 3.63) is 106 Å². The molecule has 1 fully saturated rings. The van der Waals surface area contributed by atoms with E-state index in [4.69, 9.17) is 4.74 Å². The minimum Gasteiger partial charge on any atom is -0.408 e. The number of halogens is 3. The summed E-state index contributed by atoms with van der Waals surface area (Å²) in [7, 11) is 0. The van der Waals surface area contributed by atoms with Gasteiger partial charge in [0.05, 0.1) is 22.5 Å². The van der Waals surface area contributed by atoms with Gasteiger partial charge in [0.15, 0.2) is 5.75 Å². The summed E-state index contributed by atoms with van der Waals surface area (Å²) >= 11 is 0. The predicted octanol–water partition coefficient (Wildman–Crippen LogP) is 5.96. The van der Waals surface area contributed by atoms with E-state index >= 15 is 0 Å². The number of pyridine rings is 1. The van der Waals surface area contributed by atoms with Crippen LogP contribution in [0, 0.1) is 30.3 Å². The Bertz CT molecular complexity index is 1500. The lowest BCUT2D eigenvalue weighted by Gasteiger charge is -2.21. The Morgan fingerprint density at radius 3 is 2.31 bits per heavy atom. The molecular weight excluding hydrogens is 457 g/mol. The molecule has 0 bridgehead atoms. The highest BCUT2D eigenvalue weighted by molar-refractivity contribution is 5.92. The minimum absolute atomic E-state index is 0.106. The third kappa shape index (κ3) is 4.27. The number of aromatic nitrogens is 1. The summed E-state index contributed by atoms with van der Waals surface area (Å²) in [6.07, 6.45) is 0.780. The summed E-state index contributed by atoms with van der Waals surface area (Å²) < 4.78 is 50.2. The number of amides is 1. The predicted molar refractivity (Wildman–Crippen MR) is 125 cm³/mol. The van der Waals surface area contributed by atoms with Crippen molar-refractivity contribution < 1.29 is 22.7 Å². The molecule has 5 rings (SSSR count). The van der Waals surface area contributed by atoms with Crippen molar-refractivity contribution in [1.82, 2.24) is 9.88 Å². The van der Waals surface area contributed by atoms with E-state index in [1.807, 2.05) is 0 Å². The van der Waals surface area contributed by atoms with Crippen molar-refractivity contribution in [2.75, 3.05) is 0 Å². The van der Waals surface area contributed by atoms with E-state index in [9.17, 15) is 22.8 Å². The lowest BCUT2D eigenvalue weighted by atomic mass is 10.0. The zero-order valence-electron chi connectivity index (χ0n) is 18.7. The van der Waals surface area contributed by atoms with Crippen LogP contribution in [0.3, 0.4) is 0 Å². The largest absolute Gasteiger partial charge is 0.413 e. The molecule has 8 heteroatoms. The van der Waals surface area contributed by atoms with Crippen LogP contribution < -0.4 is 15.6 Å². The van der Waals surface area contributed by atoms with Crippen LogP contribution in [-0.2, 0) is 0 Å². The van der Waals surface area contributed by atoms with Gasteiger partial charge in [0.2, 0.25) is 0 Å². The molecule has 0 aliphatic heterocycles. The third-order valence-corrected chi connectivity index (χ3v) is 6.20. The van der Waals surface area contributed by atoms with Gasteiger partial charge in [-0.1, -0.05) is 30.3 Å². The number of carbonyl (C=O) groups is 1. The Morgan fingerprint density at radius 2 is 1.66 bits per heavy atom. The summed E-state index contributed by atoms with van der Waals surface area (Å²) in [6, 6.07) is 15.6. The molecule has 1 N–H and O–H groups in total. The van der Waals surface area contributed by atoms with Crippen LogP contribution >= 0.6 is 0 Å². The number of fused-ring (bicyclic) bond motifs is 1. The fourth-order valence-corrected chi connectivity index (χ4v) is 4.39. The quantitative estimate of drug-likeness (QED) is 0.385. The maximum atomic E-state index is 14.9. The number of nitrogens with zero attached hydrogens (tertiary/aromatic N) is 1. The number of nitrogens with one attached hydrogen (secondary N) is 1. The van der Waals surface area contributed by atoms with E-state index in [1.165, 1.54) is 23.6 Å². The molecule has 0 unspecified atom stereocenters. The van der Waals surface area contributed by atoms with E-state index in [1.54, 1.807) is 42.5 Å². The molecule has 1 aromatic heterocycles. The SMILES string of the molecule is Cc1c(OC(=O)N[C@H](c2cccc(F)c2)C2CC2)c2c(F)ccc(F)c2c(=O)n1-c1ccccc1. The van der Waals surface area contributed by atoms with Gasteiger partial charge in [0.25, 0.3) is 5.56 Å². The van der Waals surface area contributed by atoms with E-state index in [0.717, 1.165) is 25.0 Å². The molecule has 5 nitrogen and oxygen atoms in total. The van der Waals surface area contributed by atoms with Crippen LogP contribution in [0.25, 0.3) is 16.5 Å². The summed E-state index contributed by atoms with van der Waals surface area (Å²) in [4.78, 5) is 26.2. The van der Waals surface area contributed by atoms with Crippen LogP contribution in [0.15, 0.2) is 71.5 Å². The molecule has 0 radical (unpaired) electrons. The van der Waals surface area contributed by atoms with Crippen LogP contribution in [0.2, 0.25) is 0 Å². The molecule has 1 amide bonds. The summed E-state index contributed by atoms with van der Waals surface area (Å²) in [5, 5.41) is 1.80.